The Morgan fingerprint density at radius 2 is 2.07 bits per heavy atom. The van der Waals surface area contributed by atoms with E-state index in [4.69, 9.17) is 14.6 Å². The monoisotopic (exact) mass is 591 g/mol. The van der Waals surface area contributed by atoms with Crippen LogP contribution in [-0.4, -0.2) is 57.0 Å². The van der Waals surface area contributed by atoms with Gasteiger partial charge in [0.1, 0.15) is 11.4 Å². The molecule has 0 bridgehead atoms. The molecule has 9 nitrogen and oxygen atoms in total. The second-order valence-corrected chi connectivity index (χ2v) is 12.4. The van der Waals surface area contributed by atoms with Crippen molar-refractivity contribution in [3.63, 3.8) is 0 Å². The van der Waals surface area contributed by atoms with Gasteiger partial charge in [0.05, 0.1) is 48.9 Å². The summed E-state index contributed by atoms with van der Waals surface area (Å²) in [5.74, 6) is -0.0234. The minimum atomic E-state index is -0.897. The summed E-state index contributed by atoms with van der Waals surface area (Å²) < 4.78 is 14.4. The maximum atomic E-state index is 13.2. The van der Waals surface area contributed by atoms with E-state index in [-0.39, 0.29) is 5.92 Å². The second kappa shape index (κ2) is 10.3. The number of aromatic carboxylic acids is 1. The van der Waals surface area contributed by atoms with Gasteiger partial charge in [0.15, 0.2) is 0 Å². The number of nitrogens with one attached hydrogen (secondary N) is 2. The van der Waals surface area contributed by atoms with E-state index in [1.165, 1.54) is 11.4 Å². The molecule has 3 N–H and O–H groups in total. The van der Waals surface area contributed by atoms with Crippen LogP contribution in [0.1, 0.15) is 70.4 Å². The van der Waals surface area contributed by atoms with Crippen molar-refractivity contribution in [3.8, 4) is 5.75 Å². The summed E-state index contributed by atoms with van der Waals surface area (Å²) in [5.41, 5.74) is 8.41. The third kappa shape index (κ3) is 3.88. The molecule has 0 fully saturated rings. The van der Waals surface area contributed by atoms with E-state index >= 15 is 0 Å². The quantitative estimate of drug-likeness (QED) is 0.209. The van der Waals surface area contributed by atoms with Gasteiger partial charge in [-0.25, -0.2) is 4.79 Å². The van der Waals surface area contributed by atoms with Crippen LogP contribution >= 0.6 is 0 Å². The Balaban J connectivity index is 1.26. The Kier molecular flexibility index (Phi) is 6.34. The molecule has 2 unspecified atom stereocenters. The standard InChI is InChI=1S/C35H37N5O4/c1-21-28-24(12-8-18-44-27-13-7-10-22-9-3-4-11-23(22)27)31(34(41)42)40-15-5-6-17-43-20-26-29-25(37-38-26)19-39-16-14-36-30(21)33(39)35(29,2)32(28)40/h3-7,9-11,13,21,36H,8,12,14-20H2,1-2H3,(H,37,38)(H,41,42)/b6-5-. The van der Waals surface area contributed by atoms with Crippen molar-refractivity contribution in [2.75, 3.05) is 26.3 Å². The summed E-state index contributed by atoms with van der Waals surface area (Å²) in [7, 11) is 0. The number of hydrogen-bond acceptors (Lipinski definition) is 6. The van der Waals surface area contributed by atoms with Crippen LogP contribution in [0.3, 0.4) is 0 Å². The highest BCUT2D eigenvalue weighted by molar-refractivity contribution is 5.90. The zero-order valence-electron chi connectivity index (χ0n) is 25.2. The average Bonchev–Trinajstić information content (AvgIpc) is 3.59. The van der Waals surface area contributed by atoms with Gasteiger partial charge in [-0.1, -0.05) is 55.5 Å². The number of hydrogen-bond donors (Lipinski definition) is 3. The largest absolute Gasteiger partial charge is 0.493 e. The van der Waals surface area contributed by atoms with Crippen molar-refractivity contribution < 1.29 is 19.4 Å². The number of carboxylic acid groups (broad SMARTS) is 1. The van der Waals surface area contributed by atoms with Crippen LogP contribution < -0.4 is 10.1 Å². The molecule has 0 saturated heterocycles. The van der Waals surface area contributed by atoms with Crippen LogP contribution in [0.5, 0.6) is 5.75 Å². The number of ether oxygens (including phenoxy) is 2. The molecule has 1 aliphatic carbocycles. The average molecular weight is 592 g/mol. The van der Waals surface area contributed by atoms with Gasteiger partial charge >= 0.3 is 5.97 Å². The maximum Gasteiger partial charge on any atom is 0.352 e. The smallest absolute Gasteiger partial charge is 0.352 e. The zero-order chi connectivity index (χ0) is 30.0. The first-order chi connectivity index (χ1) is 21.5. The first kappa shape index (κ1) is 27.1. The number of nitrogens with zero attached hydrogens (tertiary/aromatic N) is 3. The van der Waals surface area contributed by atoms with Crippen molar-refractivity contribution in [3.05, 3.63) is 105 Å². The normalized spacial score (nSPS) is 22.7. The van der Waals surface area contributed by atoms with Crippen molar-refractivity contribution in [2.24, 2.45) is 0 Å². The van der Waals surface area contributed by atoms with E-state index in [1.54, 1.807) is 0 Å². The minimum absolute atomic E-state index is 0.0199. The number of carbonyl (C=O) groups is 1. The van der Waals surface area contributed by atoms with Gasteiger partial charge in [-0.3, -0.25) is 5.10 Å². The van der Waals surface area contributed by atoms with Gasteiger partial charge in [-0.2, -0.15) is 5.10 Å². The van der Waals surface area contributed by atoms with Gasteiger partial charge in [0, 0.05) is 47.9 Å². The highest BCUT2D eigenvalue weighted by Crippen LogP contribution is 2.57. The second-order valence-electron chi connectivity index (χ2n) is 12.4. The van der Waals surface area contributed by atoms with Crippen LogP contribution in [0, 0.1) is 0 Å². The third-order valence-electron chi connectivity index (χ3n) is 9.94. The minimum Gasteiger partial charge on any atom is -0.493 e. The van der Waals surface area contributed by atoms with E-state index in [0.717, 1.165) is 69.9 Å². The lowest BCUT2D eigenvalue weighted by Crippen LogP contribution is -2.53. The van der Waals surface area contributed by atoms with Gasteiger partial charge in [-0.05, 0) is 42.3 Å². The van der Waals surface area contributed by atoms with Gasteiger partial charge in [0.2, 0.25) is 0 Å². The Morgan fingerprint density at radius 3 is 2.95 bits per heavy atom. The molecule has 5 heterocycles. The van der Waals surface area contributed by atoms with E-state index in [0.29, 0.717) is 44.9 Å². The Morgan fingerprint density at radius 1 is 1.20 bits per heavy atom. The molecular formula is C35H37N5O4. The zero-order valence-corrected chi connectivity index (χ0v) is 25.2. The molecule has 2 aromatic carbocycles. The number of allylic oxidation sites excluding steroid dienone is 3. The number of fused-ring (bicyclic) bond motifs is 1. The molecule has 226 valence electrons. The van der Waals surface area contributed by atoms with Crippen LogP contribution in [0.2, 0.25) is 0 Å². The summed E-state index contributed by atoms with van der Waals surface area (Å²) in [6, 6.07) is 14.3. The molecule has 4 aliphatic rings. The van der Waals surface area contributed by atoms with Crippen molar-refractivity contribution in [2.45, 2.75) is 57.7 Å². The number of carboxylic acids is 1. The lowest BCUT2D eigenvalue weighted by Gasteiger charge is -2.52. The van der Waals surface area contributed by atoms with E-state index < -0.39 is 11.4 Å². The molecule has 44 heavy (non-hydrogen) atoms. The van der Waals surface area contributed by atoms with E-state index in [9.17, 15) is 9.90 Å². The van der Waals surface area contributed by atoms with E-state index in [1.807, 2.05) is 36.4 Å². The summed E-state index contributed by atoms with van der Waals surface area (Å²) in [6.45, 7) is 8.77. The molecule has 2 aromatic heterocycles. The number of aromatic amines is 1. The van der Waals surface area contributed by atoms with Crippen LogP contribution in [0.25, 0.3) is 10.8 Å². The van der Waals surface area contributed by atoms with Gasteiger partial charge in [-0.15, -0.1) is 0 Å². The molecule has 0 saturated carbocycles. The molecule has 3 aliphatic heterocycles. The Bertz CT molecular complexity index is 1860. The predicted molar refractivity (Wildman–Crippen MR) is 167 cm³/mol. The first-order valence-corrected chi connectivity index (χ1v) is 15.6. The fraction of sp³-hybridized carbons (Fsp3) is 0.371. The summed E-state index contributed by atoms with van der Waals surface area (Å²) in [5, 5.41) is 24.9. The lowest BCUT2D eigenvalue weighted by atomic mass is 9.64. The first-order valence-electron chi connectivity index (χ1n) is 15.6. The number of H-pyrrole nitrogens is 1. The SMILES string of the molecule is CC1C2=C3N(CCN2)Cc2[nH]nc4c2C3(C)c2c1c(CCCOc1cccc3ccccc13)c(C(=O)O)n2C/C=C\COC4. The predicted octanol–water partition coefficient (Wildman–Crippen LogP) is 5.21. The highest BCUT2D eigenvalue weighted by Gasteiger charge is 2.54. The number of rotatable bonds is 6. The fourth-order valence-corrected chi connectivity index (χ4v) is 8.31. The summed E-state index contributed by atoms with van der Waals surface area (Å²) in [6.07, 6.45) is 5.32. The number of aromatic nitrogens is 3. The van der Waals surface area contributed by atoms with Crippen LogP contribution in [0.15, 0.2) is 66.0 Å². The molecule has 9 heteroatoms. The topological polar surface area (TPSA) is 105 Å². The Labute approximate surface area is 256 Å². The lowest BCUT2D eigenvalue weighted by molar-refractivity contribution is 0.0683. The van der Waals surface area contributed by atoms with Gasteiger partial charge < -0.3 is 29.4 Å². The summed E-state index contributed by atoms with van der Waals surface area (Å²) in [4.78, 5) is 15.7. The van der Waals surface area contributed by atoms with Crippen molar-refractivity contribution >= 4 is 16.7 Å². The molecular weight excluding hydrogens is 554 g/mol. The Hall–Kier alpha value is -4.50. The molecule has 4 aromatic rings. The summed E-state index contributed by atoms with van der Waals surface area (Å²) >= 11 is 0. The fourth-order valence-electron chi connectivity index (χ4n) is 8.31. The third-order valence-corrected chi connectivity index (χ3v) is 9.94. The molecule has 8 rings (SSSR count). The number of benzene rings is 2. The van der Waals surface area contributed by atoms with Crippen LogP contribution in [0.4, 0.5) is 0 Å². The van der Waals surface area contributed by atoms with Crippen molar-refractivity contribution in [1.29, 1.82) is 0 Å². The van der Waals surface area contributed by atoms with Crippen molar-refractivity contribution in [1.82, 2.24) is 25.0 Å². The van der Waals surface area contributed by atoms with Crippen LogP contribution in [-0.2, 0) is 36.3 Å². The molecule has 0 amide bonds. The van der Waals surface area contributed by atoms with E-state index in [2.05, 4.69) is 51.9 Å². The van der Waals surface area contributed by atoms with Gasteiger partial charge in [0.25, 0.3) is 0 Å². The highest BCUT2D eigenvalue weighted by atomic mass is 16.5. The maximum absolute atomic E-state index is 13.2. The molecule has 2 atom stereocenters. The molecule has 0 spiro atoms. The molecule has 0 radical (unpaired) electrons.